The van der Waals surface area contributed by atoms with E-state index in [2.05, 4.69) is 6.92 Å². The van der Waals surface area contributed by atoms with E-state index < -0.39 is 15.1 Å². The standard InChI is InChI=1S/C7H6F.2ClH.Zn/c1-6-2-4-7(8)5-3-6;;;/h2-5H,1H2;2*1H;/q;;;+2/p-2. The Hall–Kier alpha value is 0.353. The van der Waals surface area contributed by atoms with E-state index in [9.17, 15) is 4.39 Å². The van der Waals surface area contributed by atoms with Gasteiger partial charge in [0.1, 0.15) is 5.82 Å². The normalized spacial score (nSPS) is 7.64. The molecule has 1 aromatic carbocycles. The van der Waals surface area contributed by atoms with Gasteiger partial charge < -0.3 is 0 Å². The number of halogens is 3. The van der Waals surface area contributed by atoms with Crippen LogP contribution in [0.1, 0.15) is 5.56 Å². The Bertz CT molecular complexity index is 167. The Kier molecular flexibility index (Phi) is 7.25. The Morgan fingerprint density at radius 1 is 1.18 bits per heavy atom. The predicted octanol–water partition coefficient (Wildman–Crippen LogP) is 3.38. The second-order valence-corrected chi connectivity index (χ2v) is 6.35. The molecule has 1 radical (unpaired) electrons. The van der Waals surface area contributed by atoms with E-state index >= 15 is 0 Å². The third kappa shape index (κ3) is 6.74. The number of benzene rings is 1. The molecule has 0 nitrogen and oxygen atoms in total. The van der Waals surface area contributed by atoms with Crippen molar-refractivity contribution in [3.8, 4) is 0 Å². The molecule has 0 aliphatic heterocycles. The molecule has 1 aromatic rings. The van der Waals surface area contributed by atoms with E-state index in [1.54, 1.807) is 12.1 Å². The van der Waals surface area contributed by atoms with Gasteiger partial charge in [-0.1, -0.05) is 12.1 Å². The Balaban J connectivity index is 0.000000292. The van der Waals surface area contributed by atoms with Crippen molar-refractivity contribution in [1.29, 1.82) is 0 Å². The van der Waals surface area contributed by atoms with Crippen molar-refractivity contribution in [2.45, 2.75) is 0 Å². The predicted molar refractivity (Wildman–Crippen MR) is 42.6 cm³/mol. The molecule has 0 aromatic heterocycles. The van der Waals surface area contributed by atoms with Crippen LogP contribution in [0.3, 0.4) is 0 Å². The van der Waals surface area contributed by atoms with Crippen molar-refractivity contribution >= 4 is 19.4 Å². The molecule has 11 heavy (non-hydrogen) atoms. The molecule has 0 aliphatic rings. The molecule has 0 atom stereocenters. The van der Waals surface area contributed by atoms with E-state index in [4.69, 9.17) is 19.4 Å². The van der Waals surface area contributed by atoms with Gasteiger partial charge in [-0.05, 0) is 24.6 Å². The molecule has 4 heteroatoms. The summed E-state index contributed by atoms with van der Waals surface area (Å²) >= 11 is -0.931. The number of hydrogen-bond donors (Lipinski definition) is 0. The van der Waals surface area contributed by atoms with Crippen LogP contribution in [0.4, 0.5) is 4.39 Å². The summed E-state index contributed by atoms with van der Waals surface area (Å²) in [5.41, 5.74) is 0.839. The topological polar surface area (TPSA) is 0 Å². The van der Waals surface area contributed by atoms with Crippen LogP contribution in [0.25, 0.3) is 0 Å². The van der Waals surface area contributed by atoms with Crippen molar-refractivity contribution in [1.82, 2.24) is 0 Å². The van der Waals surface area contributed by atoms with Crippen molar-refractivity contribution in [3.05, 3.63) is 42.6 Å². The summed E-state index contributed by atoms with van der Waals surface area (Å²) in [5, 5.41) is 0. The zero-order valence-corrected chi connectivity index (χ0v) is 10.3. The fourth-order valence-corrected chi connectivity index (χ4v) is 0.484. The van der Waals surface area contributed by atoms with Gasteiger partial charge >= 0.3 is 34.5 Å². The molecule has 0 fully saturated rings. The average molecular weight is 245 g/mol. The van der Waals surface area contributed by atoms with E-state index in [1.165, 1.54) is 12.1 Å². The first-order valence-electron chi connectivity index (χ1n) is 2.90. The molecule has 1 rings (SSSR count). The summed E-state index contributed by atoms with van der Waals surface area (Å²) in [6.07, 6.45) is 0. The maximum absolute atomic E-state index is 12.1. The van der Waals surface area contributed by atoms with Gasteiger partial charge in [0.15, 0.2) is 0 Å². The molecule has 57 valence electrons. The summed E-state index contributed by atoms with van der Waals surface area (Å²) in [4.78, 5) is 0. The Morgan fingerprint density at radius 2 is 1.55 bits per heavy atom. The van der Waals surface area contributed by atoms with Gasteiger partial charge in [-0.15, -0.1) is 0 Å². The first kappa shape index (κ1) is 11.4. The molecule has 0 aliphatic carbocycles. The first-order valence-corrected chi connectivity index (χ1v) is 10.7. The molecule has 0 saturated heterocycles. The van der Waals surface area contributed by atoms with Gasteiger partial charge in [0, 0.05) is 0 Å². The zero-order chi connectivity index (χ0) is 8.69. The summed E-state index contributed by atoms with van der Waals surface area (Å²) in [6.45, 7) is 3.60. The minimum absolute atomic E-state index is 0.211. The van der Waals surface area contributed by atoms with Gasteiger partial charge in [-0.25, -0.2) is 4.39 Å². The van der Waals surface area contributed by atoms with Gasteiger partial charge in [0.25, 0.3) is 0 Å². The number of hydrogen-bond acceptors (Lipinski definition) is 0. The minimum atomic E-state index is -0.931. The van der Waals surface area contributed by atoms with Gasteiger partial charge in [-0.3, -0.25) is 0 Å². The molecule has 0 unspecified atom stereocenters. The molecule has 0 amide bonds. The maximum atomic E-state index is 12.1. The Labute approximate surface area is 81.4 Å². The van der Waals surface area contributed by atoms with Crippen LogP contribution in [0.15, 0.2) is 24.3 Å². The van der Waals surface area contributed by atoms with Crippen LogP contribution in [0.2, 0.25) is 0 Å². The van der Waals surface area contributed by atoms with Gasteiger partial charge in [0.05, 0.1) is 0 Å². The molecule has 0 spiro atoms. The molecular formula is C7H6Cl2FZn. The molecular weight excluding hydrogens is 239 g/mol. The quantitative estimate of drug-likeness (QED) is 0.615. The van der Waals surface area contributed by atoms with Crippen LogP contribution < -0.4 is 0 Å². The van der Waals surface area contributed by atoms with Gasteiger partial charge in [0.2, 0.25) is 0 Å². The number of rotatable bonds is 0. The van der Waals surface area contributed by atoms with Crippen molar-refractivity contribution in [3.63, 3.8) is 0 Å². The monoisotopic (exact) mass is 243 g/mol. The second kappa shape index (κ2) is 7.03. The van der Waals surface area contributed by atoms with Crippen molar-refractivity contribution < 1.29 is 19.5 Å². The van der Waals surface area contributed by atoms with Crippen molar-refractivity contribution in [2.75, 3.05) is 0 Å². The second-order valence-electron chi connectivity index (χ2n) is 1.73. The van der Waals surface area contributed by atoms with Gasteiger partial charge in [-0.2, -0.15) is 0 Å². The summed E-state index contributed by atoms with van der Waals surface area (Å²) < 4.78 is 12.1. The summed E-state index contributed by atoms with van der Waals surface area (Å²) in [5.74, 6) is -0.211. The van der Waals surface area contributed by atoms with Crippen molar-refractivity contribution in [2.24, 2.45) is 0 Å². The van der Waals surface area contributed by atoms with E-state index in [0.29, 0.717) is 0 Å². The molecule has 0 bridgehead atoms. The first-order chi connectivity index (χ1) is 5.20. The van der Waals surface area contributed by atoms with Crippen LogP contribution in [0, 0.1) is 12.7 Å². The summed E-state index contributed by atoms with van der Waals surface area (Å²) in [7, 11) is 9.90. The Morgan fingerprint density at radius 3 is 1.82 bits per heavy atom. The molecule has 0 N–H and O–H groups in total. The average Bonchev–Trinajstić information content (AvgIpc) is 1.97. The summed E-state index contributed by atoms with van der Waals surface area (Å²) in [6, 6.07) is 6.05. The zero-order valence-electron chi connectivity index (χ0n) is 5.86. The van der Waals surface area contributed by atoms with Crippen LogP contribution in [-0.4, -0.2) is 0 Å². The van der Waals surface area contributed by atoms with Crippen LogP contribution >= 0.6 is 19.4 Å². The van der Waals surface area contributed by atoms with Crippen LogP contribution in [0.5, 0.6) is 0 Å². The fraction of sp³-hybridized carbons (Fsp3) is 0. The van der Waals surface area contributed by atoms with Crippen LogP contribution in [-0.2, 0) is 15.1 Å². The molecule has 0 heterocycles. The molecule has 0 saturated carbocycles. The van der Waals surface area contributed by atoms with E-state index in [-0.39, 0.29) is 5.82 Å². The third-order valence-corrected chi connectivity index (χ3v) is 0.913. The fourth-order valence-electron chi connectivity index (χ4n) is 0.484. The third-order valence-electron chi connectivity index (χ3n) is 0.913. The van der Waals surface area contributed by atoms with E-state index in [1.807, 2.05) is 0 Å². The van der Waals surface area contributed by atoms with E-state index in [0.717, 1.165) is 5.56 Å². The SMILES string of the molecule is [CH2]c1ccc(F)cc1.[Cl][Zn][Cl].